The van der Waals surface area contributed by atoms with E-state index in [1.807, 2.05) is 41.0 Å². The van der Waals surface area contributed by atoms with Crippen molar-refractivity contribution in [3.63, 3.8) is 0 Å². The van der Waals surface area contributed by atoms with Crippen molar-refractivity contribution in [3.8, 4) is 11.4 Å². The molecule has 0 fully saturated rings. The molecule has 0 amide bonds. The summed E-state index contributed by atoms with van der Waals surface area (Å²) in [5.41, 5.74) is 1.01. The molecule has 1 N–H and O–H groups in total. The minimum Gasteiger partial charge on any atom is -0.497 e. The fourth-order valence-corrected chi connectivity index (χ4v) is 2.20. The molecule has 4 nitrogen and oxygen atoms in total. The van der Waals surface area contributed by atoms with Gasteiger partial charge in [0.25, 0.3) is 0 Å². The molecule has 0 atom stereocenters. The third kappa shape index (κ3) is 1.69. The second-order valence-corrected chi connectivity index (χ2v) is 4.28. The average Bonchev–Trinajstić information content (AvgIpc) is 2.83. The Morgan fingerprint density at radius 2 is 2.17 bits per heavy atom. The van der Waals surface area contributed by atoms with Crippen LogP contribution < -0.4 is 4.74 Å². The molecule has 0 saturated carbocycles. The van der Waals surface area contributed by atoms with Crippen molar-refractivity contribution in [1.82, 2.24) is 14.8 Å². The number of aromatic amines is 1. The van der Waals surface area contributed by atoms with E-state index in [0.29, 0.717) is 4.77 Å². The van der Waals surface area contributed by atoms with Crippen molar-refractivity contribution < 1.29 is 4.74 Å². The molecule has 90 valence electrons. The topological polar surface area (TPSA) is 42.8 Å². The molecular formula is C13H11N3OS. The summed E-state index contributed by atoms with van der Waals surface area (Å²) >= 11 is 5.20. The zero-order chi connectivity index (χ0) is 12.5. The maximum Gasteiger partial charge on any atom is 0.199 e. The van der Waals surface area contributed by atoms with Gasteiger partial charge in [0.05, 0.1) is 12.8 Å². The fraction of sp³-hybridized carbons (Fsp3) is 0.0769. The lowest BCUT2D eigenvalue weighted by molar-refractivity contribution is 0.415. The minimum absolute atomic E-state index is 0.582. The van der Waals surface area contributed by atoms with E-state index >= 15 is 0 Å². The zero-order valence-electron chi connectivity index (χ0n) is 9.75. The van der Waals surface area contributed by atoms with Crippen LogP contribution in [0.25, 0.3) is 16.5 Å². The van der Waals surface area contributed by atoms with Gasteiger partial charge in [-0.05, 0) is 41.9 Å². The summed E-state index contributed by atoms with van der Waals surface area (Å²) in [5, 5.41) is 8.92. The van der Waals surface area contributed by atoms with Crippen LogP contribution in [0.4, 0.5) is 0 Å². The lowest BCUT2D eigenvalue weighted by atomic mass is 10.1. The van der Waals surface area contributed by atoms with Gasteiger partial charge in [-0.25, -0.2) is 0 Å². The second-order valence-electron chi connectivity index (χ2n) is 3.90. The first-order valence-corrected chi connectivity index (χ1v) is 5.89. The monoisotopic (exact) mass is 257 g/mol. The molecule has 0 aliphatic heterocycles. The van der Waals surface area contributed by atoms with Gasteiger partial charge in [0, 0.05) is 5.39 Å². The molecule has 0 unspecified atom stereocenters. The van der Waals surface area contributed by atoms with Crippen molar-refractivity contribution >= 4 is 23.0 Å². The molecule has 5 heteroatoms. The molecule has 0 bridgehead atoms. The molecule has 18 heavy (non-hydrogen) atoms. The number of methoxy groups -OCH3 is 1. The molecular weight excluding hydrogens is 246 g/mol. The summed E-state index contributed by atoms with van der Waals surface area (Å²) < 4.78 is 7.66. The van der Waals surface area contributed by atoms with Gasteiger partial charge < -0.3 is 4.74 Å². The van der Waals surface area contributed by atoms with Crippen LogP contribution in [0.5, 0.6) is 5.75 Å². The molecule has 0 aliphatic carbocycles. The van der Waals surface area contributed by atoms with Crippen LogP contribution in [0.3, 0.4) is 0 Å². The number of ether oxygens (including phenoxy) is 1. The highest BCUT2D eigenvalue weighted by Crippen LogP contribution is 2.26. The second kappa shape index (κ2) is 4.27. The van der Waals surface area contributed by atoms with E-state index in [-0.39, 0.29) is 0 Å². The van der Waals surface area contributed by atoms with Gasteiger partial charge in [0.2, 0.25) is 0 Å². The molecule has 3 aromatic rings. The van der Waals surface area contributed by atoms with Gasteiger partial charge in [0.1, 0.15) is 12.1 Å². The van der Waals surface area contributed by atoms with Gasteiger partial charge in [-0.15, -0.1) is 0 Å². The Balaban J connectivity index is 2.31. The highest BCUT2D eigenvalue weighted by molar-refractivity contribution is 7.71. The predicted octanol–water partition coefficient (Wildman–Crippen LogP) is 3.09. The SMILES string of the molecule is COc1ccc2c(-n3cn[nH]c3=S)cccc2c1. The Kier molecular flexibility index (Phi) is 2.60. The molecule has 1 aromatic heterocycles. The van der Waals surface area contributed by atoms with E-state index in [1.165, 1.54) is 0 Å². The van der Waals surface area contributed by atoms with Crippen molar-refractivity contribution in [2.75, 3.05) is 7.11 Å². The van der Waals surface area contributed by atoms with E-state index < -0.39 is 0 Å². The van der Waals surface area contributed by atoms with Crippen LogP contribution in [0.1, 0.15) is 0 Å². The molecule has 0 spiro atoms. The van der Waals surface area contributed by atoms with E-state index in [9.17, 15) is 0 Å². The Bertz CT molecular complexity index is 760. The Labute approximate surface area is 109 Å². The van der Waals surface area contributed by atoms with Gasteiger partial charge in [0.15, 0.2) is 4.77 Å². The lowest BCUT2D eigenvalue weighted by Crippen LogP contribution is -1.93. The van der Waals surface area contributed by atoms with Crippen molar-refractivity contribution in [2.24, 2.45) is 0 Å². The summed E-state index contributed by atoms with van der Waals surface area (Å²) in [5.74, 6) is 0.843. The quantitative estimate of drug-likeness (QED) is 0.717. The van der Waals surface area contributed by atoms with Crippen LogP contribution in [0.2, 0.25) is 0 Å². The molecule has 0 radical (unpaired) electrons. The number of nitrogens with zero attached hydrogens (tertiary/aromatic N) is 2. The van der Waals surface area contributed by atoms with Gasteiger partial charge in [-0.2, -0.15) is 5.10 Å². The third-order valence-corrected chi connectivity index (χ3v) is 3.16. The molecule has 1 heterocycles. The molecule has 2 aromatic carbocycles. The van der Waals surface area contributed by atoms with Crippen molar-refractivity contribution in [1.29, 1.82) is 0 Å². The van der Waals surface area contributed by atoms with Gasteiger partial charge in [-0.1, -0.05) is 12.1 Å². The zero-order valence-corrected chi connectivity index (χ0v) is 10.6. The maximum absolute atomic E-state index is 5.23. The number of benzene rings is 2. The van der Waals surface area contributed by atoms with Gasteiger partial charge >= 0.3 is 0 Å². The van der Waals surface area contributed by atoms with E-state index in [2.05, 4.69) is 10.2 Å². The fourth-order valence-electron chi connectivity index (χ4n) is 2.00. The van der Waals surface area contributed by atoms with Crippen molar-refractivity contribution in [2.45, 2.75) is 0 Å². The number of aromatic nitrogens is 3. The summed E-state index contributed by atoms with van der Waals surface area (Å²) in [6, 6.07) is 12.0. The summed E-state index contributed by atoms with van der Waals surface area (Å²) in [6.07, 6.45) is 1.68. The number of rotatable bonds is 2. The summed E-state index contributed by atoms with van der Waals surface area (Å²) in [7, 11) is 1.66. The average molecular weight is 257 g/mol. The number of fused-ring (bicyclic) bond motifs is 1. The Hall–Kier alpha value is -2.14. The predicted molar refractivity (Wildman–Crippen MR) is 72.8 cm³/mol. The lowest BCUT2D eigenvalue weighted by Gasteiger charge is -2.08. The highest BCUT2D eigenvalue weighted by atomic mass is 32.1. The molecule has 3 rings (SSSR count). The van der Waals surface area contributed by atoms with E-state index in [4.69, 9.17) is 17.0 Å². The van der Waals surface area contributed by atoms with Gasteiger partial charge in [-0.3, -0.25) is 9.67 Å². The Morgan fingerprint density at radius 3 is 2.89 bits per heavy atom. The third-order valence-electron chi connectivity index (χ3n) is 2.88. The molecule has 0 saturated heterocycles. The smallest absolute Gasteiger partial charge is 0.199 e. The number of H-pyrrole nitrogens is 1. The highest BCUT2D eigenvalue weighted by Gasteiger charge is 2.05. The van der Waals surface area contributed by atoms with E-state index in [0.717, 1.165) is 22.2 Å². The number of hydrogen-bond donors (Lipinski definition) is 1. The number of hydrogen-bond acceptors (Lipinski definition) is 3. The van der Waals surface area contributed by atoms with Crippen LogP contribution in [-0.4, -0.2) is 21.9 Å². The van der Waals surface area contributed by atoms with Crippen LogP contribution in [-0.2, 0) is 0 Å². The maximum atomic E-state index is 5.23. The first-order chi connectivity index (χ1) is 8.79. The number of nitrogens with one attached hydrogen (secondary N) is 1. The largest absolute Gasteiger partial charge is 0.497 e. The summed E-state index contributed by atoms with van der Waals surface area (Å²) in [6.45, 7) is 0. The molecule has 0 aliphatic rings. The van der Waals surface area contributed by atoms with Crippen LogP contribution in [0, 0.1) is 4.77 Å². The normalized spacial score (nSPS) is 10.7. The van der Waals surface area contributed by atoms with Crippen LogP contribution in [0.15, 0.2) is 42.7 Å². The van der Waals surface area contributed by atoms with Crippen molar-refractivity contribution in [3.05, 3.63) is 47.5 Å². The Morgan fingerprint density at radius 1 is 1.28 bits per heavy atom. The minimum atomic E-state index is 0.582. The first-order valence-electron chi connectivity index (χ1n) is 5.49. The first kappa shape index (κ1) is 11.0. The summed E-state index contributed by atoms with van der Waals surface area (Å²) in [4.78, 5) is 0. The van der Waals surface area contributed by atoms with E-state index in [1.54, 1.807) is 13.4 Å². The van der Waals surface area contributed by atoms with Crippen LogP contribution >= 0.6 is 12.2 Å². The standard InChI is InChI=1S/C13H11N3OS/c1-17-10-5-6-11-9(7-10)3-2-4-12(11)16-8-14-15-13(16)18/h2-8H,1H3,(H,15,18).